The highest BCUT2D eigenvalue weighted by Gasteiger charge is 2.22. The average Bonchev–Trinajstić information content (AvgIpc) is 2.71. The number of benzene rings is 2. The highest BCUT2D eigenvalue weighted by atomic mass is 16.5. The normalized spacial score (nSPS) is 14.1. The van der Waals surface area contributed by atoms with E-state index < -0.39 is 0 Å². The maximum absolute atomic E-state index is 12.5. The van der Waals surface area contributed by atoms with Crippen molar-refractivity contribution in [1.29, 1.82) is 0 Å². The molecule has 1 heterocycles. The minimum Gasteiger partial charge on any atom is -0.495 e. The van der Waals surface area contributed by atoms with E-state index in [4.69, 9.17) is 9.47 Å². The van der Waals surface area contributed by atoms with E-state index in [9.17, 15) is 4.79 Å². The summed E-state index contributed by atoms with van der Waals surface area (Å²) in [5.74, 6) is 1.96. The number of anilines is 1. The topological polar surface area (TPSA) is 42.0 Å². The molecule has 3 rings (SSSR count). The monoisotopic (exact) mass is 368 g/mol. The molecule has 0 aliphatic carbocycles. The van der Waals surface area contributed by atoms with Gasteiger partial charge in [-0.25, -0.2) is 0 Å². The molecule has 0 N–H and O–H groups in total. The van der Waals surface area contributed by atoms with Crippen LogP contribution in [0.15, 0.2) is 48.5 Å². The fourth-order valence-corrected chi connectivity index (χ4v) is 3.36. The van der Waals surface area contributed by atoms with E-state index in [0.29, 0.717) is 13.0 Å². The van der Waals surface area contributed by atoms with Gasteiger partial charge in [0.25, 0.3) is 0 Å². The van der Waals surface area contributed by atoms with E-state index in [1.807, 2.05) is 54.3 Å². The van der Waals surface area contributed by atoms with E-state index >= 15 is 0 Å². The zero-order valence-corrected chi connectivity index (χ0v) is 16.2. The number of aryl methyl sites for hydroxylation is 1. The first-order valence-corrected chi connectivity index (χ1v) is 9.52. The average molecular weight is 368 g/mol. The standard InChI is InChI=1S/C22H28N2O3/c1-18-7-5-8-19(17-18)27-16-6-11-22(25)24-14-12-23(13-15-24)20-9-3-4-10-21(20)26-2/h3-5,7-10,17H,6,11-16H2,1-2H3. The number of ether oxygens (including phenoxy) is 2. The highest BCUT2D eigenvalue weighted by molar-refractivity contribution is 5.76. The zero-order valence-electron chi connectivity index (χ0n) is 16.2. The third-order valence-electron chi connectivity index (χ3n) is 4.85. The van der Waals surface area contributed by atoms with Crippen LogP contribution in [0.5, 0.6) is 11.5 Å². The molecule has 0 atom stereocenters. The van der Waals surface area contributed by atoms with Crippen molar-refractivity contribution in [2.24, 2.45) is 0 Å². The minimum absolute atomic E-state index is 0.211. The number of carbonyl (C=O) groups excluding carboxylic acids is 1. The van der Waals surface area contributed by atoms with Gasteiger partial charge in [0, 0.05) is 32.6 Å². The fourth-order valence-electron chi connectivity index (χ4n) is 3.36. The van der Waals surface area contributed by atoms with Crippen molar-refractivity contribution in [3.05, 3.63) is 54.1 Å². The van der Waals surface area contributed by atoms with Gasteiger partial charge in [-0.15, -0.1) is 0 Å². The summed E-state index contributed by atoms with van der Waals surface area (Å²) in [5.41, 5.74) is 2.27. The lowest BCUT2D eigenvalue weighted by Gasteiger charge is -2.36. The maximum atomic E-state index is 12.5. The number of carbonyl (C=O) groups is 1. The van der Waals surface area contributed by atoms with Crippen LogP contribution in [0.4, 0.5) is 5.69 Å². The molecule has 5 heteroatoms. The smallest absolute Gasteiger partial charge is 0.222 e. The summed E-state index contributed by atoms with van der Waals surface area (Å²) in [6.45, 7) is 5.75. The van der Waals surface area contributed by atoms with E-state index in [2.05, 4.69) is 11.0 Å². The summed E-state index contributed by atoms with van der Waals surface area (Å²) in [5, 5.41) is 0. The van der Waals surface area contributed by atoms with Crippen molar-refractivity contribution in [3.8, 4) is 11.5 Å². The van der Waals surface area contributed by atoms with Crippen molar-refractivity contribution in [3.63, 3.8) is 0 Å². The number of piperazine rings is 1. The molecule has 2 aromatic carbocycles. The van der Waals surface area contributed by atoms with Crippen LogP contribution in [0, 0.1) is 6.92 Å². The zero-order chi connectivity index (χ0) is 19.1. The van der Waals surface area contributed by atoms with Crippen molar-refractivity contribution in [2.45, 2.75) is 19.8 Å². The first-order chi connectivity index (χ1) is 13.2. The molecule has 1 aliphatic rings. The molecule has 0 bridgehead atoms. The van der Waals surface area contributed by atoms with Gasteiger partial charge < -0.3 is 19.3 Å². The molecule has 0 unspecified atom stereocenters. The fraction of sp³-hybridized carbons (Fsp3) is 0.409. The number of methoxy groups -OCH3 is 1. The molecule has 27 heavy (non-hydrogen) atoms. The first kappa shape index (κ1) is 19.1. The van der Waals surface area contributed by atoms with Gasteiger partial charge in [-0.3, -0.25) is 4.79 Å². The maximum Gasteiger partial charge on any atom is 0.222 e. The Labute approximate surface area is 161 Å². The number of hydrogen-bond acceptors (Lipinski definition) is 4. The van der Waals surface area contributed by atoms with Crippen molar-refractivity contribution in [2.75, 3.05) is 44.8 Å². The van der Waals surface area contributed by atoms with Gasteiger partial charge in [0.05, 0.1) is 19.4 Å². The van der Waals surface area contributed by atoms with Crippen LogP contribution >= 0.6 is 0 Å². The summed E-state index contributed by atoms with van der Waals surface area (Å²) in [4.78, 5) is 16.7. The number of nitrogens with zero attached hydrogens (tertiary/aromatic N) is 2. The number of amides is 1. The van der Waals surface area contributed by atoms with Crippen LogP contribution in [0.2, 0.25) is 0 Å². The SMILES string of the molecule is COc1ccccc1N1CCN(C(=O)CCCOc2cccc(C)c2)CC1. The number of para-hydroxylation sites is 2. The van der Waals surface area contributed by atoms with Crippen molar-refractivity contribution in [1.82, 2.24) is 4.90 Å². The Bertz CT molecular complexity index is 755. The molecular weight excluding hydrogens is 340 g/mol. The van der Waals surface area contributed by atoms with Gasteiger partial charge in [0.1, 0.15) is 11.5 Å². The summed E-state index contributed by atoms with van der Waals surface area (Å²) < 4.78 is 11.2. The summed E-state index contributed by atoms with van der Waals surface area (Å²) >= 11 is 0. The molecule has 0 aromatic heterocycles. The van der Waals surface area contributed by atoms with Crippen LogP contribution < -0.4 is 14.4 Å². The second-order valence-corrected chi connectivity index (χ2v) is 6.81. The molecule has 0 saturated carbocycles. The second kappa shape index (κ2) is 9.31. The van der Waals surface area contributed by atoms with Crippen LogP contribution in [-0.2, 0) is 4.79 Å². The lowest BCUT2D eigenvalue weighted by molar-refractivity contribution is -0.131. The third kappa shape index (κ3) is 5.16. The van der Waals surface area contributed by atoms with Gasteiger partial charge in [0.15, 0.2) is 0 Å². The van der Waals surface area contributed by atoms with Gasteiger partial charge in [-0.2, -0.15) is 0 Å². The van der Waals surface area contributed by atoms with Crippen molar-refractivity contribution < 1.29 is 14.3 Å². The summed E-state index contributed by atoms with van der Waals surface area (Å²) in [7, 11) is 1.69. The molecule has 1 aliphatic heterocycles. The van der Waals surface area contributed by atoms with Crippen LogP contribution in [0.3, 0.4) is 0 Å². The van der Waals surface area contributed by atoms with E-state index in [1.165, 1.54) is 5.56 Å². The Morgan fingerprint density at radius 2 is 1.81 bits per heavy atom. The lowest BCUT2D eigenvalue weighted by atomic mass is 10.2. The third-order valence-corrected chi connectivity index (χ3v) is 4.85. The van der Waals surface area contributed by atoms with Crippen LogP contribution in [0.25, 0.3) is 0 Å². The number of rotatable bonds is 7. The molecule has 1 saturated heterocycles. The second-order valence-electron chi connectivity index (χ2n) is 6.81. The van der Waals surface area contributed by atoms with Gasteiger partial charge in [-0.05, 0) is 43.2 Å². The number of hydrogen-bond donors (Lipinski definition) is 0. The Kier molecular flexibility index (Phi) is 6.58. The van der Waals surface area contributed by atoms with Gasteiger partial charge in [-0.1, -0.05) is 24.3 Å². The Hall–Kier alpha value is -2.69. The summed E-state index contributed by atoms with van der Waals surface area (Å²) in [6, 6.07) is 16.0. The van der Waals surface area contributed by atoms with Crippen molar-refractivity contribution >= 4 is 11.6 Å². The molecular formula is C22H28N2O3. The minimum atomic E-state index is 0.211. The molecule has 0 spiro atoms. The molecule has 1 fully saturated rings. The quantitative estimate of drug-likeness (QED) is 0.702. The molecule has 144 valence electrons. The Morgan fingerprint density at radius 3 is 2.56 bits per heavy atom. The predicted octanol–water partition coefficient (Wildman–Crippen LogP) is 3.51. The Balaban J connectivity index is 1.41. The molecule has 2 aromatic rings. The first-order valence-electron chi connectivity index (χ1n) is 9.52. The predicted molar refractivity (Wildman–Crippen MR) is 108 cm³/mol. The van der Waals surface area contributed by atoms with Crippen LogP contribution in [0.1, 0.15) is 18.4 Å². The molecule has 0 radical (unpaired) electrons. The summed E-state index contributed by atoms with van der Waals surface area (Å²) in [6.07, 6.45) is 1.26. The van der Waals surface area contributed by atoms with E-state index in [-0.39, 0.29) is 5.91 Å². The Morgan fingerprint density at radius 1 is 1.04 bits per heavy atom. The van der Waals surface area contributed by atoms with Gasteiger partial charge in [0.2, 0.25) is 5.91 Å². The molecule has 1 amide bonds. The lowest BCUT2D eigenvalue weighted by Crippen LogP contribution is -2.48. The highest BCUT2D eigenvalue weighted by Crippen LogP contribution is 2.28. The molecule has 5 nitrogen and oxygen atoms in total. The van der Waals surface area contributed by atoms with Crippen LogP contribution in [-0.4, -0.2) is 50.7 Å². The van der Waals surface area contributed by atoms with E-state index in [1.54, 1.807) is 7.11 Å². The van der Waals surface area contributed by atoms with Gasteiger partial charge >= 0.3 is 0 Å². The largest absolute Gasteiger partial charge is 0.495 e. The van der Waals surface area contributed by atoms with E-state index in [0.717, 1.165) is 49.8 Å².